The molecule has 0 aliphatic rings. The van der Waals surface area contributed by atoms with E-state index in [0.29, 0.717) is 0 Å². The zero-order valence-corrected chi connectivity index (χ0v) is 11.9. The first kappa shape index (κ1) is 14.2. The van der Waals surface area contributed by atoms with Crippen molar-refractivity contribution < 1.29 is 4.79 Å². The van der Waals surface area contributed by atoms with Crippen LogP contribution in [-0.4, -0.2) is 18.0 Å². The van der Waals surface area contributed by atoms with Crippen LogP contribution in [0.1, 0.15) is 25.8 Å². The molecular weight excluding hydrogens is 280 g/mol. The van der Waals surface area contributed by atoms with Gasteiger partial charge in [0, 0.05) is 10.0 Å². The molecule has 3 nitrogen and oxygen atoms in total. The number of aryl methyl sites for hydroxylation is 1. The first-order valence-electron chi connectivity index (χ1n) is 5.68. The largest absolute Gasteiger partial charge is 0.350 e. The summed E-state index contributed by atoms with van der Waals surface area (Å²) < 4.78 is 1.08. The average Bonchev–Trinajstić information content (AvgIpc) is 2.26. The number of nitrogens with two attached hydrogens (primary N) is 1. The molecule has 1 aromatic carbocycles. The number of benzene rings is 1. The molecule has 0 spiro atoms. The first-order valence-corrected chi connectivity index (χ1v) is 6.48. The van der Waals surface area contributed by atoms with E-state index in [-0.39, 0.29) is 18.0 Å². The number of rotatable bonds is 5. The maximum atomic E-state index is 11.2. The zero-order chi connectivity index (χ0) is 12.9. The fraction of sp³-hybridized carbons (Fsp3) is 0.462. The summed E-state index contributed by atoms with van der Waals surface area (Å²) in [4.78, 5) is 11.2. The third-order valence-corrected chi connectivity index (χ3v) is 3.08. The summed E-state index contributed by atoms with van der Waals surface area (Å²) in [7, 11) is 0. The third kappa shape index (κ3) is 5.33. The molecule has 0 aliphatic heterocycles. The van der Waals surface area contributed by atoms with Gasteiger partial charge in [-0.1, -0.05) is 28.1 Å². The monoisotopic (exact) mass is 298 g/mol. The standard InChI is InChI=1S/C13H19BrN2O/c1-13(2,16-12(17)9-15)7-6-10-4-3-5-11(14)8-10/h3-5,8H,6-7,9,15H2,1-2H3,(H,16,17). The topological polar surface area (TPSA) is 55.1 Å². The predicted molar refractivity (Wildman–Crippen MR) is 73.7 cm³/mol. The van der Waals surface area contributed by atoms with E-state index in [9.17, 15) is 4.79 Å². The summed E-state index contributed by atoms with van der Waals surface area (Å²) in [5.74, 6) is -0.107. The second-order valence-corrected chi connectivity index (χ2v) is 5.68. The van der Waals surface area contributed by atoms with E-state index in [1.807, 2.05) is 26.0 Å². The highest BCUT2D eigenvalue weighted by molar-refractivity contribution is 9.10. The van der Waals surface area contributed by atoms with Gasteiger partial charge < -0.3 is 11.1 Å². The molecule has 0 fully saturated rings. The van der Waals surface area contributed by atoms with Gasteiger partial charge in [-0.2, -0.15) is 0 Å². The normalized spacial score (nSPS) is 11.3. The highest BCUT2D eigenvalue weighted by Gasteiger charge is 2.19. The van der Waals surface area contributed by atoms with Crippen molar-refractivity contribution >= 4 is 21.8 Å². The lowest BCUT2D eigenvalue weighted by Gasteiger charge is -2.26. The summed E-state index contributed by atoms with van der Waals surface area (Å²) >= 11 is 3.45. The van der Waals surface area contributed by atoms with Gasteiger partial charge in [-0.3, -0.25) is 4.79 Å². The van der Waals surface area contributed by atoms with E-state index in [1.54, 1.807) is 0 Å². The predicted octanol–water partition coefficient (Wildman–Crippen LogP) is 2.24. The van der Waals surface area contributed by atoms with Crippen molar-refractivity contribution in [2.75, 3.05) is 6.54 Å². The first-order chi connectivity index (χ1) is 7.93. The number of nitrogens with one attached hydrogen (secondary N) is 1. The number of carbonyl (C=O) groups is 1. The van der Waals surface area contributed by atoms with Crippen LogP contribution in [0.15, 0.2) is 28.7 Å². The third-order valence-electron chi connectivity index (χ3n) is 2.59. The summed E-state index contributed by atoms with van der Waals surface area (Å²) in [6.45, 7) is 4.07. The lowest BCUT2D eigenvalue weighted by molar-refractivity contribution is -0.121. The number of amides is 1. The van der Waals surface area contributed by atoms with Gasteiger partial charge in [-0.05, 0) is 44.4 Å². The molecule has 94 valence electrons. The Balaban J connectivity index is 2.52. The van der Waals surface area contributed by atoms with Gasteiger partial charge in [-0.25, -0.2) is 0 Å². The van der Waals surface area contributed by atoms with Crippen molar-refractivity contribution in [3.05, 3.63) is 34.3 Å². The van der Waals surface area contributed by atoms with Crippen molar-refractivity contribution in [3.8, 4) is 0 Å². The quantitative estimate of drug-likeness (QED) is 0.876. The maximum absolute atomic E-state index is 11.2. The van der Waals surface area contributed by atoms with Crippen LogP contribution in [0.2, 0.25) is 0 Å². The van der Waals surface area contributed by atoms with Gasteiger partial charge in [0.2, 0.25) is 5.91 Å². The molecule has 0 saturated heterocycles. The SMILES string of the molecule is CC(C)(CCc1cccc(Br)c1)NC(=O)CN. The van der Waals surface area contributed by atoms with Gasteiger partial charge >= 0.3 is 0 Å². The minimum Gasteiger partial charge on any atom is -0.350 e. The van der Waals surface area contributed by atoms with Crippen LogP contribution < -0.4 is 11.1 Å². The van der Waals surface area contributed by atoms with E-state index in [4.69, 9.17) is 5.73 Å². The molecule has 0 atom stereocenters. The Labute approximate surface area is 111 Å². The van der Waals surface area contributed by atoms with Gasteiger partial charge in [-0.15, -0.1) is 0 Å². The van der Waals surface area contributed by atoms with Gasteiger partial charge in [0.15, 0.2) is 0 Å². The Hall–Kier alpha value is -0.870. The van der Waals surface area contributed by atoms with Crippen molar-refractivity contribution in [2.45, 2.75) is 32.2 Å². The van der Waals surface area contributed by atoms with Gasteiger partial charge in [0.1, 0.15) is 0 Å². The number of hydrogen-bond donors (Lipinski definition) is 2. The Morgan fingerprint density at radius 1 is 1.47 bits per heavy atom. The highest BCUT2D eigenvalue weighted by Crippen LogP contribution is 2.17. The van der Waals surface area contributed by atoms with Crippen LogP contribution in [0.25, 0.3) is 0 Å². The molecule has 0 aromatic heterocycles. The summed E-state index contributed by atoms with van der Waals surface area (Å²) in [6.07, 6.45) is 1.81. The number of hydrogen-bond acceptors (Lipinski definition) is 2. The van der Waals surface area contributed by atoms with Crippen LogP contribution in [-0.2, 0) is 11.2 Å². The smallest absolute Gasteiger partial charge is 0.234 e. The van der Waals surface area contributed by atoms with Crippen LogP contribution in [0, 0.1) is 0 Å². The minimum absolute atomic E-state index is 0.0420. The molecule has 1 aromatic rings. The lowest BCUT2D eigenvalue weighted by atomic mass is 9.95. The van der Waals surface area contributed by atoms with Crippen molar-refractivity contribution in [3.63, 3.8) is 0 Å². The fourth-order valence-electron chi connectivity index (χ4n) is 1.64. The van der Waals surface area contributed by atoms with E-state index in [2.05, 4.69) is 33.4 Å². The molecule has 0 aliphatic carbocycles. The van der Waals surface area contributed by atoms with Crippen molar-refractivity contribution in [2.24, 2.45) is 5.73 Å². The lowest BCUT2D eigenvalue weighted by Crippen LogP contribution is -2.46. The molecule has 0 radical (unpaired) electrons. The summed E-state index contributed by atoms with van der Waals surface area (Å²) in [6, 6.07) is 8.21. The molecule has 4 heteroatoms. The molecule has 0 bridgehead atoms. The summed E-state index contributed by atoms with van der Waals surface area (Å²) in [5, 5.41) is 2.92. The van der Waals surface area contributed by atoms with Crippen LogP contribution >= 0.6 is 15.9 Å². The Bertz CT molecular complexity index is 391. The average molecular weight is 299 g/mol. The number of halogens is 1. The highest BCUT2D eigenvalue weighted by atomic mass is 79.9. The molecule has 3 N–H and O–H groups in total. The molecule has 1 rings (SSSR count). The molecule has 1 amide bonds. The Morgan fingerprint density at radius 3 is 2.76 bits per heavy atom. The van der Waals surface area contributed by atoms with Gasteiger partial charge in [0.05, 0.1) is 6.54 Å². The Morgan fingerprint density at radius 2 is 2.18 bits per heavy atom. The second kappa shape index (κ2) is 6.17. The Kier molecular flexibility index (Phi) is 5.15. The molecule has 0 unspecified atom stereocenters. The fourth-order valence-corrected chi connectivity index (χ4v) is 2.09. The van der Waals surface area contributed by atoms with Crippen LogP contribution in [0.3, 0.4) is 0 Å². The van der Waals surface area contributed by atoms with Crippen molar-refractivity contribution in [1.29, 1.82) is 0 Å². The van der Waals surface area contributed by atoms with Gasteiger partial charge in [0.25, 0.3) is 0 Å². The molecule has 17 heavy (non-hydrogen) atoms. The zero-order valence-electron chi connectivity index (χ0n) is 10.3. The summed E-state index contributed by atoms with van der Waals surface area (Å²) in [5.41, 5.74) is 6.32. The molecule has 0 saturated carbocycles. The second-order valence-electron chi connectivity index (χ2n) is 4.77. The molecular formula is C13H19BrN2O. The van der Waals surface area contributed by atoms with E-state index in [0.717, 1.165) is 17.3 Å². The van der Waals surface area contributed by atoms with E-state index in [1.165, 1.54) is 5.56 Å². The number of carbonyl (C=O) groups excluding carboxylic acids is 1. The van der Waals surface area contributed by atoms with Crippen molar-refractivity contribution in [1.82, 2.24) is 5.32 Å². The maximum Gasteiger partial charge on any atom is 0.234 e. The van der Waals surface area contributed by atoms with E-state index < -0.39 is 0 Å². The minimum atomic E-state index is -0.223. The molecule has 0 heterocycles. The van der Waals surface area contributed by atoms with Crippen LogP contribution in [0.5, 0.6) is 0 Å². The van der Waals surface area contributed by atoms with E-state index >= 15 is 0 Å². The van der Waals surface area contributed by atoms with Crippen LogP contribution in [0.4, 0.5) is 0 Å².